The Hall–Kier alpha value is -3.68. The van der Waals surface area contributed by atoms with Crippen molar-refractivity contribution in [1.29, 1.82) is 0 Å². The molecule has 0 fully saturated rings. The Morgan fingerprint density at radius 1 is 1.22 bits per heavy atom. The van der Waals surface area contributed by atoms with E-state index in [1.165, 1.54) is 0 Å². The normalized spacial score (nSPS) is 10.9. The fourth-order valence-electron chi connectivity index (χ4n) is 2.89. The second-order valence-corrected chi connectivity index (χ2v) is 6.15. The van der Waals surface area contributed by atoms with Crippen LogP contribution in [-0.2, 0) is 18.3 Å². The summed E-state index contributed by atoms with van der Waals surface area (Å²) >= 11 is 0. The number of nitrogens with one attached hydrogen (secondary N) is 2. The van der Waals surface area contributed by atoms with Gasteiger partial charge in [-0.05, 0) is 17.7 Å². The number of fused-ring (bicyclic) bond motifs is 1. The number of anilines is 1. The Kier molecular flexibility index (Phi) is 4.29. The van der Waals surface area contributed by atoms with E-state index < -0.39 is 0 Å². The third-order valence-corrected chi connectivity index (χ3v) is 4.24. The zero-order chi connectivity index (χ0) is 18.8. The SMILES string of the molecule is COc1ccc(NC(=O)Cc2c[nH]c3ncc(-c4cnn(C)c4)cc23)cn1. The Bertz CT molecular complexity index is 1100. The van der Waals surface area contributed by atoms with Crippen LogP contribution in [-0.4, -0.2) is 37.7 Å². The van der Waals surface area contributed by atoms with E-state index in [1.54, 1.807) is 42.5 Å². The largest absolute Gasteiger partial charge is 0.481 e. The van der Waals surface area contributed by atoms with Crippen molar-refractivity contribution >= 4 is 22.6 Å². The van der Waals surface area contributed by atoms with Crippen LogP contribution in [0, 0.1) is 0 Å². The Balaban J connectivity index is 1.54. The van der Waals surface area contributed by atoms with Gasteiger partial charge in [0.15, 0.2) is 0 Å². The highest BCUT2D eigenvalue weighted by Crippen LogP contribution is 2.25. The van der Waals surface area contributed by atoms with Gasteiger partial charge in [0.2, 0.25) is 11.8 Å². The van der Waals surface area contributed by atoms with Gasteiger partial charge in [-0.15, -0.1) is 0 Å². The van der Waals surface area contributed by atoms with E-state index in [9.17, 15) is 4.79 Å². The molecule has 0 aliphatic rings. The van der Waals surface area contributed by atoms with Gasteiger partial charge in [0.25, 0.3) is 0 Å². The highest BCUT2D eigenvalue weighted by Gasteiger charge is 2.12. The molecule has 0 unspecified atom stereocenters. The molecule has 0 bridgehead atoms. The average molecular weight is 362 g/mol. The highest BCUT2D eigenvalue weighted by atomic mass is 16.5. The number of nitrogens with zero attached hydrogens (tertiary/aromatic N) is 4. The summed E-state index contributed by atoms with van der Waals surface area (Å²) in [5.74, 6) is 0.369. The number of pyridine rings is 2. The minimum absolute atomic E-state index is 0.130. The average Bonchev–Trinajstić information content (AvgIpc) is 3.28. The molecule has 4 aromatic heterocycles. The van der Waals surface area contributed by atoms with Gasteiger partial charge in [-0.2, -0.15) is 5.10 Å². The van der Waals surface area contributed by atoms with E-state index >= 15 is 0 Å². The van der Waals surface area contributed by atoms with Crippen LogP contribution in [0.4, 0.5) is 5.69 Å². The number of methoxy groups -OCH3 is 1. The first-order valence-corrected chi connectivity index (χ1v) is 8.37. The number of aromatic nitrogens is 5. The summed E-state index contributed by atoms with van der Waals surface area (Å²) in [5.41, 5.74) is 4.18. The van der Waals surface area contributed by atoms with E-state index in [4.69, 9.17) is 4.74 Å². The van der Waals surface area contributed by atoms with E-state index in [-0.39, 0.29) is 12.3 Å². The van der Waals surface area contributed by atoms with Crippen LogP contribution in [0.1, 0.15) is 5.56 Å². The summed E-state index contributed by atoms with van der Waals surface area (Å²) in [7, 11) is 3.42. The zero-order valence-corrected chi connectivity index (χ0v) is 14.9. The molecule has 8 nitrogen and oxygen atoms in total. The van der Waals surface area contributed by atoms with Gasteiger partial charge >= 0.3 is 0 Å². The molecule has 0 saturated carbocycles. The van der Waals surface area contributed by atoms with Crippen molar-refractivity contribution in [3.8, 4) is 17.0 Å². The lowest BCUT2D eigenvalue weighted by Gasteiger charge is -2.05. The predicted molar refractivity (Wildman–Crippen MR) is 101 cm³/mol. The van der Waals surface area contributed by atoms with Gasteiger partial charge in [0.1, 0.15) is 5.65 Å². The van der Waals surface area contributed by atoms with Crippen LogP contribution in [0.15, 0.2) is 49.2 Å². The molecule has 0 saturated heterocycles. The number of carbonyl (C=O) groups is 1. The number of H-pyrrole nitrogens is 1. The van der Waals surface area contributed by atoms with Gasteiger partial charge < -0.3 is 15.0 Å². The lowest BCUT2D eigenvalue weighted by atomic mass is 10.1. The standard InChI is InChI=1S/C19H18N6O2/c1-25-11-14(9-23-25)12-5-16-13(8-22-19(16)21-7-12)6-17(26)24-15-3-4-18(27-2)20-10-15/h3-5,7-11H,6H2,1-2H3,(H,21,22)(H,24,26). The summed E-state index contributed by atoms with van der Waals surface area (Å²) < 4.78 is 6.76. The van der Waals surface area contributed by atoms with Crippen LogP contribution in [0.25, 0.3) is 22.2 Å². The van der Waals surface area contributed by atoms with Crippen LogP contribution < -0.4 is 10.1 Å². The van der Waals surface area contributed by atoms with Crippen LogP contribution in [0.5, 0.6) is 5.88 Å². The number of amides is 1. The molecule has 136 valence electrons. The molecule has 0 atom stereocenters. The molecular weight excluding hydrogens is 344 g/mol. The maximum atomic E-state index is 12.4. The predicted octanol–water partition coefficient (Wildman–Crippen LogP) is 2.55. The Morgan fingerprint density at radius 2 is 2.11 bits per heavy atom. The summed E-state index contributed by atoms with van der Waals surface area (Å²) in [6, 6.07) is 5.47. The molecule has 4 rings (SSSR count). The van der Waals surface area contributed by atoms with Gasteiger partial charge in [0, 0.05) is 48.2 Å². The summed E-state index contributed by atoms with van der Waals surface area (Å²) in [6.45, 7) is 0. The molecule has 4 heterocycles. The number of carbonyl (C=O) groups excluding carboxylic acids is 1. The Morgan fingerprint density at radius 3 is 2.81 bits per heavy atom. The first-order valence-electron chi connectivity index (χ1n) is 8.37. The number of ether oxygens (including phenoxy) is 1. The summed E-state index contributed by atoms with van der Waals surface area (Å²) in [4.78, 5) is 24.1. The second kappa shape index (κ2) is 6.91. The van der Waals surface area contributed by atoms with E-state index in [1.807, 2.05) is 25.5 Å². The molecule has 0 radical (unpaired) electrons. The number of hydrogen-bond acceptors (Lipinski definition) is 5. The monoisotopic (exact) mass is 362 g/mol. The third-order valence-electron chi connectivity index (χ3n) is 4.24. The highest BCUT2D eigenvalue weighted by molar-refractivity contribution is 5.95. The summed E-state index contributed by atoms with van der Waals surface area (Å²) in [6.07, 6.45) is 9.12. The molecule has 27 heavy (non-hydrogen) atoms. The molecule has 4 aromatic rings. The van der Waals surface area contributed by atoms with Gasteiger partial charge in [-0.25, -0.2) is 9.97 Å². The lowest BCUT2D eigenvalue weighted by Crippen LogP contribution is -2.14. The van der Waals surface area contributed by atoms with Crippen LogP contribution >= 0.6 is 0 Å². The number of aryl methyl sites for hydroxylation is 1. The number of aromatic amines is 1. The summed E-state index contributed by atoms with van der Waals surface area (Å²) in [5, 5.41) is 7.95. The topological polar surface area (TPSA) is 97.7 Å². The number of rotatable bonds is 5. The first-order chi connectivity index (χ1) is 13.1. The minimum atomic E-state index is -0.130. The van der Waals surface area contributed by atoms with Gasteiger partial charge in [0.05, 0.1) is 31.6 Å². The molecule has 2 N–H and O–H groups in total. The maximum Gasteiger partial charge on any atom is 0.228 e. The van der Waals surface area contributed by atoms with Crippen molar-refractivity contribution in [2.24, 2.45) is 7.05 Å². The van der Waals surface area contributed by atoms with Crippen LogP contribution in [0.2, 0.25) is 0 Å². The van der Waals surface area contributed by atoms with Crippen molar-refractivity contribution in [3.05, 3.63) is 54.7 Å². The number of hydrogen-bond donors (Lipinski definition) is 2. The molecule has 8 heteroatoms. The molecular formula is C19H18N6O2. The smallest absolute Gasteiger partial charge is 0.228 e. The fraction of sp³-hybridized carbons (Fsp3) is 0.158. The van der Waals surface area contributed by atoms with E-state index in [0.717, 1.165) is 27.7 Å². The Labute approximate surface area is 155 Å². The zero-order valence-electron chi connectivity index (χ0n) is 14.9. The fourth-order valence-corrected chi connectivity index (χ4v) is 2.89. The van der Waals surface area contributed by atoms with Crippen molar-refractivity contribution in [2.75, 3.05) is 12.4 Å². The van der Waals surface area contributed by atoms with Gasteiger partial charge in [-0.1, -0.05) is 0 Å². The van der Waals surface area contributed by atoms with Crippen molar-refractivity contribution in [3.63, 3.8) is 0 Å². The quantitative estimate of drug-likeness (QED) is 0.569. The molecule has 0 spiro atoms. The van der Waals surface area contributed by atoms with Crippen molar-refractivity contribution in [2.45, 2.75) is 6.42 Å². The van der Waals surface area contributed by atoms with E-state index in [0.29, 0.717) is 11.6 Å². The lowest BCUT2D eigenvalue weighted by molar-refractivity contribution is -0.115. The molecule has 0 aliphatic heterocycles. The molecule has 0 aromatic carbocycles. The van der Waals surface area contributed by atoms with Crippen molar-refractivity contribution in [1.82, 2.24) is 24.7 Å². The molecule has 0 aliphatic carbocycles. The third kappa shape index (κ3) is 3.50. The first kappa shape index (κ1) is 16.8. The molecule has 1 amide bonds. The van der Waals surface area contributed by atoms with Crippen molar-refractivity contribution < 1.29 is 9.53 Å². The van der Waals surface area contributed by atoms with Crippen LogP contribution in [0.3, 0.4) is 0 Å². The van der Waals surface area contributed by atoms with Gasteiger partial charge in [-0.3, -0.25) is 9.48 Å². The van der Waals surface area contributed by atoms with E-state index in [2.05, 4.69) is 25.4 Å². The maximum absolute atomic E-state index is 12.4. The minimum Gasteiger partial charge on any atom is -0.481 e. The second-order valence-electron chi connectivity index (χ2n) is 6.15.